The first-order chi connectivity index (χ1) is 4.66. The normalized spacial score (nSPS) is 41.2. The van der Waals surface area contributed by atoms with E-state index in [4.69, 9.17) is 9.78 Å². The van der Waals surface area contributed by atoms with Gasteiger partial charge in [-0.05, 0) is 26.7 Å². The van der Waals surface area contributed by atoms with Crippen LogP contribution in [-0.2, 0) is 9.78 Å². The Hall–Kier alpha value is -0.340. The van der Waals surface area contributed by atoms with Crippen molar-refractivity contribution in [2.24, 2.45) is 0 Å². The second-order valence-corrected chi connectivity index (χ2v) is 3.05. The highest BCUT2D eigenvalue weighted by Crippen LogP contribution is 2.26. The van der Waals surface area contributed by atoms with Crippen molar-refractivity contribution in [1.82, 2.24) is 0 Å². The molecule has 0 saturated carbocycles. The van der Waals surface area contributed by atoms with Crippen molar-refractivity contribution in [3.8, 4) is 0 Å². The smallest absolute Gasteiger partial charge is 0.119 e. The van der Waals surface area contributed by atoms with Crippen molar-refractivity contribution in [3.05, 3.63) is 12.7 Å². The second-order valence-electron chi connectivity index (χ2n) is 3.05. The fourth-order valence-electron chi connectivity index (χ4n) is 0.908. The van der Waals surface area contributed by atoms with E-state index in [1.165, 1.54) is 0 Å². The molecule has 58 valence electrons. The minimum atomic E-state index is -0.257. The molecule has 1 rings (SSSR count). The maximum absolute atomic E-state index is 5.11. The lowest BCUT2D eigenvalue weighted by molar-refractivity contribution is -0.389. The molecule has 1 heterocycles. The third-order valence-electron chi connectivity index (χ3n) is 1.88. The fraction of sp³-hybridized carbons (Fsp3) is 0.750. The van der Waals surface area contributed by atoms with Crippen LogP contribution in [-0.4, -0.2) is 11.7 Å². The van der Waals surface area contributed by atoms with Gasteiger partial charge in [0.25, 0.3) is 0 Å². The quantitative estimate of drug-likeness (QED) is 0.412. The van der Waals surface area contributed by atoms with Crippen LogP contribution in [0.15, 0.2) is 12.7 Å². The van der Waals surface area contributed by atoms with Gasteiger partial charge in [-0.2, -0.15) is 0 Å². The molecule has 0 aromatic rings. The van der Waals surface area contributed by atoms with Gasteiger partial charge < -0.3 is 0 Å². The third kappa shape index (κ3) is 1.58. The first kappa shape index (κ1) is 7.76. The highest BCUT2D eigenvalue weighted by Gasteiger charge is 2.28. The Morgan fingerprint density at radius 2 is 2.40 bits per heavy atom. The highest BCUT2D eigenvalue weighted by atomic mass is 17.2. The van der Waals surface area contributed by atoms with Crippen molar-refractivity contribution in [1.29, 1.82) is 0 Å². The summed E-state index contributed by atoms with van der Waals surface area (Å²) in [5.41, 5.74) is -0.257. The molecule has 0 spiro atoms. The molecule has 1 aliphatic heterocycles. The topological polar surface area (TPSA) is 18.5 Å². The largest absolute Gasteiger partial charge is 0.233 e. The summed E-state index contributed by atoms with van der Waals surface area (Å²) in [6, 6.07) is 0. The van der Waals surface area contributed by atoms with E-state index in [1.54, 1.807) is 6.08 Å². The summed E-state index contributed by atoms with van der Waals surface area (Å²) in [4.78, 5) is 10.1. The maximum Gasteiger partial charge on any atom is 0.119 e. The molecule has 1 saturated heterocycles. The Bertz CT molecular complexity index is 123. The molecule has 0 bridgehead atoms. The summed E-state index contributed by atoms with van der Waals surface area (Å²) < 4.78 is 0. The van der Waals surface area contributed by atoms with Gasteiger partial charge in [-0.1, -0.05) is 6.08 Å². The minimum Gasteiger partial charge on any atom is -0.233 e. The van der Waals surface area contributed by atoms with Crippen molar-refractivity contribution >= 4 is 0 Å². The zero-order valence-electron chi connectivity index (χ0n) is 6.59. The van der Waals surface area contributed by atoms with Crippen LogP contribution in [0.25, 0.3) is 0 Å². The van der Waals surface area contributed by atoms with Crippen LogP contribution < -0.4 is 0 Å². The SMILES string of the molecule is C=CC1(C)CCC(C)OO1. The van der Waals surface area contributed by atoms with Crippen LogP contribution in [0.1, 0.15) is 26.7 Å². The average Bonchev–Trinajstić information content (AvgIpc) is 1.96. The van der Waals surface area contributed by atoms with E-state index in [-0.39, 0.29) is 11.7 Å². The van der Waals surface area contributed by atoms with Crippen molar-refractivity contribution in [2.75, 3.05) is 0 Å². The number of hydrogen-bond acceptors (Lipinski definition) is 2. The Morgan fingerprint density at radius 3 is 2.80 bits per heavy atom. The predicted molar refractivity (Wildman–Crippen MR) is 39.5 cm³/mol. The number of rotatable bonds is 1. The molecule has 2 heteroatoms. The molecule has 0 aromatic carbocycles. The molecule has 0 amide bonds. The molecular formula is C8H14O2. The van der Waals surface area contributed by atoms with E-state index < -0.39 is 0 Å². The molecule has 2 nitrogen and oxygen atoms in total. The number of hydrogen-bond donors (Lipinski definition) is 0. The van der Waals surface area contributed by atoms with Crippen molar-refractivity contribution in [2.45, 2.75) is 38.4 Å². The summed E-state index contributed by atoms with van der Waals surface area (Å²) in [6.07, 6.45) is 4.06. The zero-order chi connectivity index (χ0) is 7.61. The lowest BCUT2D eigenvalue weighted by Gasteiger charge is -2.32. The van der Waals surface area contributed by atoms with Crippen LogP contribution in [0.5, 0.6) is 0 Å². The standard InChI is InChI=1S/C8H14O2/c1-4-8(3)6-5-7(2)9-10-8/h4,7H,1,5-6H2,2-3H3. The van der Waals surface area contributed by atoms with Gasteiger partial charge in [-0.15, -0.1) is 6.58 Å². The van der Waals surface area contributed by atoms with Gasteiger partial charge in [0.15, 0.2) is 0 Å². The van der Waals surface area contributed by atoms with Crippen LogP contribution in [0.3, 0.4) is 0 Å². The maximum atomic E-state index is 5.11. The van der Waals surface area contributed by atoms with Crippen LogP contribution >= 0.6 is 0 Å². The zero-order valence-corrected chi connectivity index (χ0v) is 6.59. The summed E-state index contributed by atoms with van der Waals surface area (Å²) in [5, 5.41) is 0. The third-order valence-corrected chi connectivity index (χ3v) is 1.88. The van der Waals surface area contributed by atoms with E-state index in [9.17, 15) is 0 Å². The Kier molecular flexibility index (Phi) is 2.11. The summed E-state index contributed by atoms with van der Waals surface area (Å²) in [6.45, 7) is 7.66. The molecule has 2 unspecified atom stereocenters. The lowest BCUT2D eigenvalue weighted by Crippen LogP contribution is -2.34. The fourth-order valence-corrected chi connectivity index (χ4v) is 0.908. The molecular weight excluding hydrogens is 128 g/mol. The molecule has 0 radical (unpaired) electrons. The monoisotopic (exact) mass is 142 g/mol. The molecule has 1 fully saturated rings. The summed E-state index contributed by atoms with van der Waals surface area (Å²) >= 11 is 0. The van der Waals surface area contributed by atoms with Gasteiger partial charge in [0.1, 0.15) is 5.60 Å². The average molecular weight is 142 g/mol. The van der Waals surface area contributed by atoms with Gasteiger partial charge >= 0.3 is 0 Å². The molecule has 0 N–H and O–H groups in total. The Balaban J connectivity index is 2.46. The van der Waals surface area contributed by atoms with Gasteiger partial charge in [0, 0.05) is 0 Å². The summed E-state index contributed by atoms with van der Waals surface area (Å²) in [7, 11) is 0. The Labute approximate surface area is 61.8 Å². The summed E-state index contributed by atoms with van der Waals surface area (Å²) in [5.74, 6) is 0. The van der Waals surface area contributed by atoms with Crippen molar-refractivity contribution < 1.29 is 9.78 Å². The van der Waals surface area contributed by atoms with E-state index in [0.717, 1.165) is 12.8 Å². The van der Waals surface area contributed by atoms with Gasteiger partial charge in [0.2, 0.25) is 0 Å². The Morgan fingerprint density at radius 1 is 1.70 bits per heavy atom. The molecule has 10 heavy (non-hydrogen) atoms. The van der Waals surface area contributed by atoms with Crippen LogP contribution in [0.4, 0.5) is 0 Å². The second kappa shape index (κ2) is 2.72. The predicted octanol–water partition coefficient (Wildman–Crippen LogP) is 2.06. The highest BCUT2D eigenvalue weighted by molar-refractivity contribution is 4.94. The van der Waals surface area contributed by atoms with E-state index in [1.807, 2.05) is 13.8 Å². The van der Waals surface area contributed by atoms with Crippen LogP contribution in [0, 0.1) is 0 Å². The lowest BCUT2D eigenvalue weighted by atomic mass is 9.98. The first-order valence-electron chi connectivity index (χ1n) is 3.64. The molecule has 1 aliphatic rings. The molecule has 0 aliphatic carbocycles. The van der Waals surface area contributed by atoms with E-state index in [2.05, 4.69) is 6.58 Å². The van der Waals surface area contributed by atoms with Gasteiger partial charge in [0.05, 0.1) is 6.10 Å². The van der Waals surface area contributed by atoms with Gasteiger partial charge in [-0.25, -0.2) is 9.78 Å². The molecule has 2 atom stereocenters. The molecule has 0 aromatic heterocycles. The van der Waals surface area contributed by atoms with Gasteiger partial charge in [-0.3, -0.25) is 0 Å². The van der Waals surface area contributed by atoms with E-state index >= 15 is 0 Å². The minimum absolute atomic E-state index is 0.230. The van der Waals surface area contributed by atoms with E-state index in [0.29, 0.717) is 0 Å². The van der Waals surface area contributed by atoms with Crippen LogP contribution in [0.2, 0.25) is 0 Å². The first-order valence-corrected chi connectivity index (χ1v) is 3.64. The van der Waals surface area contributed by atoms with Crippen molar-refractivity contribution in [3.63, 3.8) is 0 Å².